The summed E-state index contributed by atoms with van der Waals surface area (Å²) in [5.41, 5.74) is 6.38. The zero-order chi connectivity index (χ0) is 19.3. The minimum absolute atomic E-state index is 0. The number of nitrogens with zero attached hydrogens (tertiary/aromatic N) is 3. The quantitative estimate of drug-likeness (QED) is 0.589. The smallest absolute Gasteiger partial charge is 0.222 e. The van der Waals surface area contributed by atoms with Gasteiger partial charge in [-0.2, -0.15) is 18.5 Å². The number of hydrogen-bond acceptors (Lipinski definition) is 7. The van der Waals surface area contributed by atoms with Gasteiger partial charge in [-0.3, -0.25) is 9.78 Å². The van der Waals surface area contributed by atoms with Crippen LogP contribution in [-0.4, -0.2) is 38.9 Å². The maximum atomic E-state index is 12.5. The average Bonchev–Trinajstić information content (AvgIpc) is 3.19. The molecule has 7 nitrogen and oxygen atoms in total. The monoisotopic (exact) mass is 404 g/mol. The van der Waals surface area contributed by atoms with E-state index in [1.165, 1.54) is 0 Å². The van der Waals surface area contributed by atoms with Crippen molar-refractivity contribution < 1.29 is 4.79 Å². The highest BCUT2D eigenvalue weighted by molar-refractivity contribution is 7.59. The van der Waals surface area contributed by atoms with Crippen molar-refractivity contribution in [3.05, 3.63) is 18.5 Å². The molecule has 0 aliphatic carbocycles. The first-order valence-electron chi connectivity index (χ1n) is 9.92. The molecule has 8 heteroatoms. The molecule has 0 bridgehead atoms. The first-order chi connectivity index (χ1) is 13.0. The van der Waals surface area contributed by atoms with Crippen LogP contribution in [-0.2, 0) is 4.79 Å². The molecule has 0 spiro atoms. The number of Topliss-reactive ketones (excluding diaryl/α,β-unsaturated/α-hetero) is 1. The van der Waals surface area contributed by atoms with Crippen molar-refractivity contribution in [1.29, 1.82) is 0 Å². The largest absolute Gasteiger partial charge is 0.368 e. The van der Waals surface area contributed by atoms with Crippen LogP contribution >= 0.6 is 13.5 Å². The van der Waals surface area contributed by atoms with Crippen molar-refractivity contribution in [2.24, 2.45) is 0 Å². The first kappa shape index (κ1) is 22.4. The van der Waals surface area contributed by atoms with Gasteiger partial charge in [0.15, 0.2) is 0 Å². The summed E-state index contributed by atoms with van der Waals surface area (Å²) in [5.74, 6) is 1.25. The number of aromatic nitrogens is 3. The van der Waals surface area contributed by atoms with Gasteiger partial charge in [-0.1, -0.05) is 19.8 Å². The molecule has 0 aromatic carbocycles. The van der Waals surface area contributed by atoms with Crippen molar-refractivity contribution >= 4 is 41.9 Å². The highest BCUT2D eigenvalue weighted by atomic mass is 32.1. The molecule has 1 unspecified atom stereocenters. The number of nitrogens with two attached hydrogens (primary N) is 1. The summed E-state index contributed by atoms with van der Waals surface area (Å²) in [7, 11) is 0. The Kier molecular flexibility index (Phi) is 8.00. The van der Waals surface area contributed by atoms with Crippen LogP contribution in [0.15, 0.2) is 18.5 Å². The lowest BCUT2D eigenvalue weighted by molar-refractivity contribution is -0.121. The third-order valence-electron chi connectivity index (χ3n) is 5.39. The second-order valence-electron chi connectivity index (χ2n) is 7.73. The molecule has 0 amide bonds. The van der Waals surface area contributed by atoms with Crippen LogP contribution in [0, 0.1) is 0 Å². The zero-order valence-corrected chi connectivity index (χ0v) is 17.8. The SMILES string of the molecule is CCCCC(C)(CCC(=O)[C@@H]1CCCN1)Nc1nc(N)nc2cnccc12.S. The Morgan fingerprint density at radius 3 is 2.93 bits per heavy atom. The molecule has 2 aromatic heterocycles. The van der Waals surface area contributed by atoms with Gasteiger partial charge in [-0.25, -0.2) is 4.98 Å². The number of rotatable bonds is 9. The number of nitrogens with one attached hydrogen (secondary N) is 2. The third kappa shape index (κ3) is 5.54. The zero-order valence-electron chi connectivity index (χ0n) is 16.8. The molecular weight excluding hydrogens is 372 g/mol. The summed E-state index contributed by atoms with van der Waals surface area (Å²) < 4.78 is 0. The second kappa shape index (κ2) is 10.0. The maximum Gasteiger partial charge on any atom is 0.222 e. The molecular formula is C20H32N6OS. The highest BCUT2D eigenvalue weighted by Gasteiger charge is 2.29. The van der Waals surface area contributed by atoms with E-state index in [9.17, 15) is 4.79 Å². The van der Waals surface area contributed by atoms with E-state index in [4.69, 9.17) is 5.73 Å². The molecule has 0 saturated carbocycles. The van der Waals surface area contributed by atoms with Crippen LogP contribution < -0.4 is 16.4 Å². The number of carbonyl (C=O) groups excluding carboxylic acids is 1. The van der Waals surface area contributed by atoms with Gasteiger partial charge in [-0.15, -0.1) is 0 Å². The highest BCUT2D eigenvalue weighted by Crippen LogP contribution is 2.29. The van der Waals surface area contributed by atoms with E-state index in [1.807, 2.05) is 6.07 Å². The Balaban J connectivity index is 0.00000280. The predicted octanol–water partition coefficient (Wildman–Crippen LogP) is 3.18. The van der Waals surface area contributed by atoms with E-state index >= 15 is 0 Å². The summed E-state index contributed by atoms with van der Waals surface area (Å²) in [4.78, 5) is 25.3. The Bertz CT molecular complexity index is 795. The van der Waals surface area contributed by atoms with Gasteiger partial charge in [0.1, 0.15) is 11.6 Å². The van der Waals surface area contributed by atoms with Crippen molar-refractivity contribution in [1.82, 2.24) is 20.3 Å². The van der Waals surface area contributed by atoms with E-state index in [1.54, 1.807) is 12.4 Å². The topological polar surface area (TPSA) is 106 Å². The number of ketones is 1. The third-order valence-corrected chi connectivity index (χ3v) is 5.39. The predicted molar refractivity (Wildman–Crippen MR) is 119 cm³/mol. The fourth-order valence-corrected chi connectivity index (χ4v) is 3.73. The summed E-state index contributed by atoms with van der Waals surface area (Å²) in [5, 5.41) is 7.79. The van der Waals surface area contributed by atoms with Gasteiger partial charge in [0.2, 0.25) is 5.95 Å². The summed E-state index contributed by atoms with van der Waals surface area (Å²) >= 11 is 0. The van der Waals surface area contributed by atoms with Gasteiger partial charge in [0.05, 0.1) is 17.8 Å². The standard InChI is InChI=1S/C20H30N6O.H2S/c1-3-4-9-20(2,10-7-17(27)15-6-5-11-23-15)26-18-14-8-12-22-13-16(14)24-19(21)25-18;/h8,12-13,15,23H,3-7,9-11H2,1-2H3,(H3,21,24,25,26);1H2/t15-,20?;/m0./s1. The van der Waals surface area contributed by atoms with E-state index in [0.29, 0.717) is 18.0 Å². The van der Waals surface area contributed by atoms with Crippen molar-refractivity contribution in [3.8, 4) is 0 Å². The normalized spacial score (nSPS) is 18.4. The Morgan fingerprint density at radius 2 is 2.21 bits per heavy atom. The molecule has 1 fully saturated rings. The van der Waals surface area contributed by atoms with Gasteiger partial charge in [0.25, 0.3) is 0 Å². The lowest BCUT2D eigenvalue weighted by Gasteiger charge is -2.32. The van der Waals surface area contributed by atoms with Crippen LogP contribution in [0.1, 0.15) is 58.8 Å². The average molecular weight is 405 g/mol. The molecule has 154 valence electrons. The van der Waals surface area contributed by atoms with E-state index in [2.05, 4.69) is 39.4 Å². The van der Waals surface area contributed by atoms with Crippen molar-refractivity contribution in [3.63, 3.8) is 0 Å². The molecule has 3 rings (SSSR count). The van der Waals surface area contributed by atoms with Crippen LogP contribution in [0.25, 0.3) is 10.9 Å². The molecule has 28 heavy (non-hydrogen) atoms. The summed E-state index contributed by atoms with van der Waals surface area (Å²) in [6.07, 6.45) is 9.94. The Labute approximate surface area is 173 Å². The van der Waals surface area contributed by atoms with Crippen molar-refractivity contribution in [2.75, 3.05) is 17.6 Å². The second-order valence-corrected chi connectivity index (χ2v) is 7.73. The minimum Gasteiger partial charge on any atom is -0.368 e. The minimum atomic E-state index is -0.235. The van der Waals surface area contributed by atoms with Crippen molar-refractivity contribution in [2.45, 2.75) is 70.4 Å². The summed E-state index contributed by atoms with van der Waals surface area (Å²) in [6, 6.07) is 1.92. The summed E-state index contributed by atoms with van der Waals surface area (Å²) in [6.45, 7) is 5.29. The number of nitrogen functional groups attached to an aromatic ring is 1. The number of anilines is 2. The van der Waals surface area contributed by atoms with Crippen LogP contribution in [0.3, 0.4) is 0 Å². The van der Waals surface area contributed by atoms with Crippen LogP contribution in [0.2, 0.25) is 0 Å². The van der Waals surface area contributed by atoms with Gasteiger partial charge in [-0.05, 0) is 45.2 Å². The fraction of sp³-hybridized carbons (Fsp3) is 0.600. The lowest BCUT2D eigenvalue weighted by atomic mass is 9.87. The maximum absolute atomic E-state index is 12.5. The van der Waals surface area contributed by atoms with Gasteiger partial charge in [0, 0.05) is 23.5 Å². The molecule has 2 aromatic rings. The number of pyridine rings is 1. The molecule has 3 heterocycles. The molecule has 1 saturated heterocycles. The number of fused-ring (bicyclic) bond motifs is 1. The number of carbonyl (C=O) groups is 1. The molecule has 4 N–H and O–H groups in total. The van der Waals surface area contributed by atoms with E-state index in [-0.39, 0.29) is 31.0 Å². The van der Waals surface area contributed by atoms with Gasteiger partial charge < -0.3 is 16.4 Å². The number of hydrogen-bond donors (Lipinski definition) is 3. The van der Waals surface area contributed by atoms with Crippen LogP contribution in [0.4, 0.5) is 11.8 Å². The number of unbranched alkanes of at least 4 members (excludes halogenated alkanes) is 1. The molecule has 0 radical (unpaired) electrons. The molecule has 1 aliphatic rings. The lowest BCUT2D eigenvalue weighted by Crippen LogP contribution is -2.38. The van der Waals surface area contributed by atoms with E-state index < -0.39 is 0 Å². The first-order valence-corrected chi connectivity index (χ1v) is 9.92. The molecule has 2 atom stereocenters. The Hall–Kier alpha value is -1.93. The Morgan fingerprint density at radius 1 is 1.39 bits per heavy atom. The molecule has 1 aliphatic heterocycles. The van der Waals surface area contributed by atoms with Gasteiger partial charge >= 0.3 is 0 Å². The fourth-order valence-electron chi connectivity index (χ4n) is 3.73. The van der Waals surface area contributed by atoms with Crippen LogP contribution in [0.5, 0.6) is 0 Å². The van der Waals surface area contributed by atoms with E-state index in [0.717, 1.165) is 56.0 Å².